The second-order valence-electron chi connectivity index (χ2n) is 7.40. The predicted octanol–water partition coefficient (Wildman–Crippen LogP) is 3.47. The minimum Gasteiger partial charge on any atom is -0.353 e. The third-order valence-corrected chi connectivity index (χ3v) is 5.02. The summed E-state index contributed by atoms with van der Waals surface area (Å²) < 4.78 is 37.8. The van der Waals surface area contributed by atoms with Crippen molar-refractivity contribution in [2.24, 2.45) is 0 Å². The van der Waals surface area contributed by atoms with Gasteiger partial charge >= 0.3 is 6.18 Å². The summed E-state index contributed by atoms with van der Waals surface area (Å²) >= 11 is 0. The standard InChI is InChI=1S/C22H24F3N3O2/c23-22(24,25)17-8-6-16(7-9-17)14-20(29)26-19-10-12-28(13-11-19)15-21(30)27-18-4-2-1-3-5-18/h1-9,19H,10-15H2,(H,26,29)(H,27,30). The summed E-state index contributed by atoms with van der Waals surface area (Å²) in [6, 6.07) is 13.9. The van der Waals surface area contributed by atoms with Crippen LogP contribution in [0.3, 0.4) is 0 Å². The van der Waals surface area contributed by atoms with E-state index >= 15 is 0 Å². The molecule has 0 aromatic heterocycles. The van der Waals surface area contributed by atoms with E-state index in [1.807, 2.05) is 35.2 Å². The zero-order valence-corrected chi connectivity index (χ0v) is 16.4. The van der Waals surface area contributed by atoms with Gasteiger partial charge < -0.3 is 10.6 Å². The third-order valence-electron chi connectivity index (χ3n) is 5.02. The highest BCUT2D eigenvalue weighted by Gasteiger charge is 2.30. The number of hydrogen-bond donors (Lipinski definition) is 2. The maximum absolute atomic E-state index is 12.6. The number of nitrogens with one attached hydrogen (secondary N) is 2. The van der Waals surface area contributed by atoms with Gasteiger partial charge in [0.25, 0.3) is 0 Å². The van der Waals surface area contributed by atoms with Crippen LogP contribution in [0.1, 0.15) is 24.0 Å². The van der Waals surface area contributed by atoms with Crippen LogP contribution in [0.25, 0.3) is 0 Å². The van der Waals surface area contributed by atoms with Crippen LogP contribution in [0.15, 0.2) is 54.6 Å². The average molecular weight is 419 g/mol. The lowest BCUT2D eigenvalue weighted by atomic mass is 10.0. The first kappa shape index (κ1) is 21.8. The monoisotopic (exact) mass is 419 g/mol. The number of carbonyl (C=O) groups excluding carboxylic acids is 2. The number of para-hydroxylation sites is 1. The highest BCUT2D eigenvalue weighted by molar-refractivity contribution is 5.92. The van der Waals surface area contributed by atoms with E-state index in [1.165, 1.54) is 12.1 Å². The van der Waals surface area contributed by atoms with E-state index in [4.69, 9.17) is 0 Å². The molecular formula is C22H24F3N3O2. The molecule has 0 bridgehead atoms. The fraction of sp³-hybridized carbons (Fsp3) is 0.364. The smallest absolute Gasteiger partial charge is 0.353 e. The Morgan fingerprint density at radius 2 is 1.57 bits per heavy atom. The highest BCUT2D eigenvalue weighted by Crippen LogP contribution is 2.29. The predicted molar refractivity (Wildman–Crippen MR) is 108 cm³/mol. The molecule has 0 aliphatic carbocycles. The van der Waals surface area contributed by atoms with Crippen molar-refractivity contribution in [1.29, 1.82) is 0 Å². The minimum absolute atomic E-state index is 0.000355. The number of nitrogens with zero attached hydrogens (tertiary/aromatic N) is 1. The van der Waals surface area contributed by atoms with Crippen molar-refractivity contribution < 1.29 is 22.8 Å². The van der Waals surface area contributed by atoms with Crippen LogP contribution in [0.2, 0.25) is 0 Å². The van der Waals surface area contributed by atoms with Crippen LogP contribution in [-0.4, -0.2) is 42.4 Å². The zero-order valence-electron chi connectivity index (χ0n) is 16.4. The van der Waals surface area contributed by atoms with Gasteiger partial charge in [-0.05, 0) is 42.7 Å². The Morgan fingerprint density at radius 3 is 2.17 bits per heavy atom. The summed E-state index contributed by atoms with van der Waals surface area (Å²) in [5.41, 5.74) is 0.568. The normalized spacial score (nSPS) is 15.6. The lowest BCUT2D eigenvalue weighted by molar-refractivity contribution is -0.137. The number of benzene rings is 2. The molecule has 2 amide bonds. The Balaban J connectivity index is 1.39. The van der Waals surface area contributed by atoms with E-state index < -0.39 is 11.7 Å². The Bertz CT molecular complexity index is 846. The van der Waals surface area contributed by atoms with Crippen molar-refractivity contribution >= 4 is 17.5 Å². The van der Waals surface area contributed by atoms with Gasteiger partial charge in [-0.3, -0.25) is 14.5 Å². The summed E-state index contributed by atoms with van der Waals surface area (Å²) in [5.74, 6) is -0.291. The molecule has 1 saturated heterocycles. The number of piperidine rings is 1. The molecule has 0 radical (unpaired) electrons. The van der Waals surface area contributed by atoms with Crippen molar-refractivity contribution in [1.82, 2.24) is 10.2 Å². The molecule has 8 heteroatoms. The van der Waals surface area contributed by atoms with Gasteiger partial charge in [-0.1, -0.05) is 30.3 Å². The van der Waals surface area contributed by atoms with Crippen LogP contribution in [0.5, 0.6) is 0 Å². The van der Waals surface area contributed by atoms with Gasteiger partial charge in [0.05, 0.1) is 18.5 Å². The molecule has 3 rings (SSSR count). The van der Waals surface area contributed by atoms with Gasteiger partial charge in [-0.15, -0.1) is 0 Å². The highest BCUT2D eigenvalue weighted by atomic mass is 19.4. The maximum atomic E-state index is 12.6. The number of carbonyl (C=O) groups is 2. The number of anilines is 1. The fourth-order valence-electron chi connectivity index (χ4n) is 3.44. The maximum Gasteiger partial charge on any atom is 0.416 e. The quantitative estimate of drug-likeness (QED) is 0.754. The number of likely N-dealkylation sites (tertiary alicyclic amines) is 1. The van der Waals surface area contributed by atoms with Gasteiger partial charge in [0.15, 0.2) is 0 Å². The Hall–Kier alpha value is -2.87. The molecule has 30 heavy (non-hydrogen) atoms. The van der Waals surface area contributed by atoms with Crippen LogP contribution >= 0.6 is 0 Å². The Morgan fingerprint density at radius 1 is 0.933 bits per heavy atom. The molecule has 0 atom stereocenters. The average Bonchev–Trinajstić information content (AvgIpc) is 2.70. The molecule has 1 fully saturated rings. The molecule has 2 N–H and O–H groups in total. The summed E-state index contributed by atoms with van der Waals surface area (Å²) in [6.07, 6.45) is -2.90. The molecule has 0 spiro atoms. The number of hydrogen-bond acceptors (Lipinski definition) is 3. The van der Waals surface area contributed by atoms with Gasteiger partial charge in [-0.25, -0.2) is 0 Å². The van der Waals surface area contributed by atoms with Gasteiger partial charge in [0.2, 0.25) is 11.8 Å². The fourth-order valence-corrected chi connectivity index (χ4v) is 3.44. The van der Waals surface area contributed by atoms with Crippen molar-refractivity contribution in [2.45, 2.75) is 31.5 Å². The molecule has 2 aromatic rings. The molecular weight excluding hydrogens is 395 g/mol. The van der Waals surface area contributed by atoms with Crippen LogP contribution in [0, 0.1) is 0 Å². The minimum atomic E-state index is -4.38. The number of rotatable bonds is 6. The summed E-state index contributed by atoms with van der Waals surface area (Å²) in [7, 11) is 0. The van der Waals surface area contributed by atoms with Crippen molar-refractivity contribution in [3.8, 4) is 0 Å². The molecule has 1 aliphatic rings. The van der Waals surface area contributed by atoms with E-state index in [1.54, 1.807) is 0 Å². The van der Waals surface area contributed by atoms with Crippen molar-refractivity contribution in [3.63, 3.8) is 0 Å². The zero-order chi connectivity index (χ0) is 21.6. The lowest BCUT2D eigenvalue weighted by Crippen LogP contribution is -2.46. The Labute approximate surface area is 173 Å². The first-order valence-electron chi connectivity index (χ1n) is 9.82. The van der Waals surface area contributed by atoms with Gasteiger partial charge in [0.1, 0.15) is 0 Å². The first-order valence-corrected chi connectivity index (χ1v) is 9.82. The first-order chi connectivity index (χ1) is 14.3. The van der Waals surface area contributed by atoms with Crippen LogP contribution in [0.4, 0.5) is 18.9 Å². The lowest BCUT2D eigenvalue weighted by Gasteiger charge is -2.31. The largest absolute Gasteiger partial charge is 0.416 e. The molecule has 0 unspecified atom stereocenters. The molecule has 1 aliphatic heterocycles. The van der Waals surface area contributed by atoms with Gasteiger partial charge in [-0.2, -0.15) is 13.2 Å². The SMILES string of the molecule is O=C(CN1CCC(NC(=O)Cc2ccc(C(F)(F)F)cc2)CC1)Nc1ccccc1. The van der Waals surface area contributed by atoms with Gasteiger partial charge in [0, 0.05) is 24.8 Å². The number of halogens is 3. The molecule has 160 valence electrons. The second kappa shape index (κ2) is 9.75. The van der Waals surface area contributed by atoms with Crippen LogP contribution < -0.4 is 10.6 Å². The molecule has 2 aromatic carbocycles. The van der Waals surface area contributed by atoms with E-state index in [9.17, 15) is 22.8 Å². The Kier molecular flexibility index (Phi) is 7.10. The molecule has 0 saturated carbocycles. The van der Waals surface area contributed by atoms with E-state index in [0.717, 1.165) is 30.7 Å². The number of amides is 2. The second-order valence-corrected chi connectivity index (χ2v) is 7.40. The van der Waals surface area contributed by atoms with E-state index in [0.29, 0.717) is 25.2 Å². The summed E-state index contributed by atoms with van der Waals surface area (Å²) in [4.78, 5) is 26.4. The third kappa shape index (κ3) is 6.59. The van der Waals surface area contributed by atoms with Crippen LogP contribution in [-0.2, 0) is 22.2 Å². The van der Waals surface area contributed by atoms with Crippen molar-refractivity contribution in [2.75, 3.05) is 25.0 Å². The summed E-state index contributed by atoms with van der Waals surface area (Å²) in [5, 5.41) is 5.79. The molecule has 5 nitrogen and oxygen atoms in total. The topological polar surface area (TPSA) is 61.4 Å². The van der Waals surface area contributed by atoms with E-state index in [-0.39, 0.29) is 24.3 Å². The summed E-state index contributed by atoms with van der Waals surface area (Å²) in [6.45, 7) is 1.67. The molecule has 1 heterocycles. The number of alkyl halides is 3. The van der Waals surface area contributed by atoms with E-state index in [2.05, 4.69) is 10.6 Å². The van der Waals surface area contributed by atoms with Crippen molar-refractivity contribution in [3.05, 3.63) is 65.7 Å².